The van der Waals surface area contributed by atoms with Crippen molar-refractivity contribution in [3.05, 3.63) is 47.1 Å². The highest BCUT2D eigenvalue weighted by Gasteiger charge is 2.04. The maximum absolute atomic E-state index is 11.6. The Morgan fingerprint density at radius 3 is 2.77 bits per heavy atom. The van der Waals surface area contributed by atoms with Crippen LogP contribution in [-0.4, -0.2) is 10.9 Å². The fourth-order valence-corrected chi connectivity index (χ4v) is 2.14. The van der Waals surface area contributed by atoms with E-state index in [2.05, 4.69) is 22.5 Å². The van der Waals surface area contributed by atoms with Crippen molar-refractivity contribution in [3.63, 3.8) is 0 Å². The van der Waals surface area contributed by atoms with Gasteiger partial charge in [0.25, 0.3) is 0 Å². The third-order valence-corrected chi connectivity index (χ3v) is 3.50. The predicted molar refractivity (Wildman–Crippen MR) is 91.9 cm³/mol. The zero-order valence-electron chi connectivity index (χ0n) is 12.8. The van der Waals surface area contributed by atoms with E-state index in [0.717, 1.165) is 29.8 Å². The Morgan fingerprint density at radius 1 is 1.27 bits per heavy atom. The number of rotatable bonds is 6. The second-order valence-corrected chi connectivity index (χ2v) is 5.60. The van der Waals surface area contributed by atoms with Gasteiger partial charge in [-0.25, -0.2) is 4.98 Å². The minimum atomic E-state index is 0.000690. The third kappa shape index (κ3) is 4.74. The van der Waals surface area contributed by atoms with Gasteiger partial charge >= 0.3 is 0 Å². The number of aryl methyl sites for hydroxylation is 1. The lowest BCUT2D eigenvalue weighted by Gasteiger charge is -2.10. The first-order valence-corrected chi connectivity index (χ1v) is 7.75. The van der Waals surface area contributed by atoms with Gasteiger partial charge in [0, 0.05) is 17.1 Å². The zero-order chi connectivity index (χ0) is 15.9. The van der Waals surface area contributed by atoms with Gasteiger partial charge < -0.3 is 10.6 Å². The molecule has 0 spiro atoms. The molecule has 2 aromatic rings. The van der Waals surface area contributed by atoms with E-state index in [1.807, 2.05) is 31.2 Å². The first-order chi connectivity index (χ1) is 10.6. The highest BCUT2D eigenvalue weighted by Crippen LogP contribution is 2.24. The van der Waals surface area contributed by atoms with Crippen molar-refractivity contribution in [2.75, 3.05) is 10.6 Å². The van der Waals surface area contributed by atoms with E-state index in [1.54, 1.807) is 12.3 Å². The number of nitrogens with zero attached hydrogens (tertiary/aromatic N) is 1. The van der Waals surface area contributed by atoms with Crippen molar-refractivity contribution in [1.29, 1.82) is 0 Å². The fourth-order valence-electron chi connectivity index (χ4n) is 1.97. The van der Waals surface area contributed by atoms with Crippen molar-refractivity contribution >= 4 is 34.7 Å². The van der Waals surface area contributed by atoms with Crippen LogP contribution in [0.4, 0.5) is 17.2 Å². The SMILES string of the molecule is CCCCC(=O)Nc1ccc(Nc2cc(Cl)ccc2C)cn1. The fraction of sp³-hybridized carbons (Fsp3) is 0.294. The second kappa shape index (κ2) is 7.80. The molecular weight excluding hydrogens is 298 g/mol. The average molecular weight is 318 g/mol. The number of anilines is 3. The summed E-state index contributed by atoms with van der Waals surface area (Å²) < 4.78 is 0. The molecule has 1 aromatic heterocycles. The maximum Gasteiger partial charge on any atom is 0.225 e. The lowest BCUT2D eigenvalue weighted by atomic mass is 10.2. The van der Waals surface area contributed by atoms with E-state index < -0.39 is 0 Å². The van der Waals surface area contributed by atoms with Crippen LogP contribution >= 0.6 is 11.6 Å². The molecule has 2 rings (SSSR count). The van der Waals surface area contributed by atoms with Crippen LogP contribution in [0.1, 0.15) is 31.7 Å². The third-order valence-electron chi connectivity index (χ3n) is 3.27. The molecule has 5 heteroatoms. The van der Waals surface area contributed by atoms with E-state index in [1.165, 1.54) is 0 Å². The molecule has 0 atom stereocenters. The smallest absolute Gasteiger partial charge is 0.225 e. The first kappa shape index (κ1) is 16.3. The van der Waals surface area contributed by atoms with Crippen LogP contribution in [0.5, 0.6) is 0 Å². The maximum atomic E-state index is 11.6. The van der Waals surface area contributed by atoms with Crippen LogP contribution in [0.3, 0.4) is 0 Å². The predicted octanol–water partition coefficient (Wildman–Crippen LogP) is 4.92. The Kier molecular flexibility index (Phi) is 5.78. The summed E-state index contributed by atoms with van der Waals surface area (Å²) in [7, 11) is 0. The lowest BCUT2D eigenvalue weighted by molar-refractivity contribution is -0.116. The van der Waals surface area contributed by atoms with Gasteiger partial charge in [-0.2, -0.15) is 0 Å². The van der Waals surface area contributed by atoms with Gasteiger partial charge in [-0.3, -0.25) is 4.79 Å². The zero-order valence-corrected chi connectivity index (χ0v) is 13.6. The number of hydrogen-bond donors (Lipinski definition) is 2. The van der Waals surface area contributed by atoms with Crippen molar-refractivity contribution < 1.29 is 4.79 Å². The molecule has 4 nitrogen and oxygen atoms in total. The van der Waals surface area contributed by atoms with Crippen LogP contribution in [0.25, 0.3) is 0 Å². The molecule has 1 heterocycles. The number of benzene rings is 1. The molecule has 0 aliphatic heterocycles. The highest BCUT2D eigenvalue weighted by atomic mass is 35.5. The van der Waals surface area contributed by atoms with Gasteiger partial charge in [0.15, 0.2) is 0 Å². The van der Waals surface area contributed by atoms with Crippen molar-refractivity contribution in [1.82, 2.24) is 4.98 Å². The highest BCUT2D eigenvalue weighted by molar-refractivity contribution is 6.30. The molecule has 0 aliphatic carbocycles. The summed E-state index contributed by atoms with van der Waals surface area (Å²) in [6, 6.07) is 9.35. The van der Waals surface area contributed by atoms with Gasteiger partial charge in [0.2, 0.25) is 5.91 Å². The number of aromatic nitrogens is 1. The number of hydrogen-bond acceptors (Lipinski definition) is 3. The summed E-state index contributed by atoms with van der Waals surface area (Å²) >= 11 is 6.00. The number of carbonyl (C=O) groups excluding carboxylic acids is 1. The van der Waals surface area contributed by atoms with E-state index >= 15 is 0 Å². The van der Waals surface area contributed by atoms with E-state index in [9.17, 15) is 4.79 Å². The molecule has 0 fully saturated rings. The van der Waals surface area contributed by atoms with Crippen LogP contribution in [0.15, 0.2) is 36.5 Å². The van der Waals surface area contributed by atoms with Crippen LogP contribution in [-0.2, 0) is 4.79 Å². The van der Waals surface area contributed by atoms with Gasteiger partial charge in [-0.15, -0.1) is 0 Å². The van der Waals surface area contributed by atoms with E-state index in [0.29, 0.717) is 17.3 Å². The van der Waals surface area contributed by atoms with E-state index in [4.69, 9.17) is 11.6 Å². The molecule has 22 heavy (non-hydrogen) atoms. The second-order valence-electron chi connectivity index (χ2n) is 5.17. The Bertz CT molecular complexity index is 641. The summed E-state index contributed by atoms with van der Waals surface area (Å²) in [5.74, 6) is 0.565. The molecule has 0 unspecified atom stereocenters. The van der Waals surface area contributed by atoms with Crippen molar-refractivity contribution in [2.24, 2.45) is 0 Å². The first-order valence-electron chi connectivity index (χ1n) is 7.37. The number of halogens is 1. The number of unbranched alkanes of at least 4 members (excludes halogenated alkanes) is 1. The monoisotopic (exact) mass is 317 g/mol. The van der Waals surface area contributed by atoms with Gasteiger partial charge in [0.05, 0.1) is 11.9 Å². The summed E-state index contributed by atoms with van der Waals surface area (Å²) in [6.45, 7) is 4.07. The topological polar surface area (TPSA) is 54.0 Å². The normalized spacial score (nSPS) is 10.3. The largest absolute Gasteiger partial charge is 0.354 e. The number of carbonyl (C=O) groups is 1. The minimum absolute atomic E-state index is 0.000690. The number of amides is 1. The molecule has 0 radical (unpaired) electrons. The van der Waals surface area contributed by atoms with Crippen LogP contribution < -0.4 is 10.6 Å². The molecule has 0 saturated carbocycles. The Hall–Kier alpha value is -2.07. The summed E-state index contributed by atoms with van der Waals surface area (Å²) in [4.78, 5) is 15.9. The number of nitrogens with one attached hydrogen (secondary N) is 2. The Labute approximate surface area is 135 Å². The molecule has 116 valence electrons. The standard InChI is InChI=1S/C17H20ClN3O/c1-3-4-5-17(22)21-16-9-8-14(11-19-16)20-15-10-13(18)7-6-12(15)2/h6-11,20H,3-5H2,1-2H3,(H,19,21,22). The summed E-state index contributed by atoms with van der Waals surface area (Å²) in [5.41, 5.74) is 2.88. The van der Waals surface area contributed by atoms with Crippen molar-refractivity contribution in [2.45, 2.75) is 33.1 Å². The molecule has 1 aromatic carbocycles. The van der Waals surface area contributed by atoms with Crippen LogP contribution in [0.2, 0.25) is 5.02 Å². The minimum Gasteiger partial charge on any atom is -0.354 e. The van der Waals surface area contributed by atoms with Gasteiger partial charge in [-0.05, 0) is 43.2 Å². The molecular formula is C17H20ClN3O. The number of pyridine rings is 1. The van der Waals surface area contributed by atoms with E-state index in [-0.39, 0.29) is 5.91 Å². The molecule has 1 amide bonds. The molecule has 0 aliphatic rings. The van der Waals surface area contributed by atoms with Gasteiger partial charge in [0.1, 0.15) is 5.82 Å². The van der Waals surface area contributed by atoms with Crippen LogP contribution in [0, 0.1) is 6.92 Å². The van der Waals surface area contributed by atoms with Gasteiger partial charge in [-0.1, -0.05) is 31.0 Å². The summed E-state index contributed by atoms with van der Waals surface area (Å²) in [5, 5.41) is 6.74. The molecule has 0 bridgehead atoms. The lowest BCUT2D eigenvalue weighted by Crippen LogP contribution is -2.12. The summed E-state index contributed by atoms with van der Waals surface area (Å²) in [6.07, 6.45) is 4.11. The Balaban J connectivity index is 2.00. The average Bonchev–Trinajstić information content (AvgIpc) is 2.51. The molecule has 0 saturated heterocycles. The van der Waals surface area contributed by atoms with Crippen molar-refractivity contribution in [3.8, 4) is 0 Å². The quantitative estimate of drug-likeness (QED) is 0.795. The molecule has 2 N–H and O–H groups in total. The Morgan fingerprint density at radius 2 is 2.09 bits per heavy atom.